The largest absolute Gasteiger partial charge is 0.495 e. The van der Waals surface area contributed by atoms with Crippen molar-refractivity contribution in [3.05, 3.63) is 57.0 Å². The Morgan fingerprint density at radius 3 is 2.33 bits per heavy atom. The lowest BCUT2D eigenvalue weighted by Crippen LogP contribution is -2.06. The van der Waals surface area contributed by atoms with E-state index in [-0.39, 0.29) is 12.2 Å². The number of benzene rings is 2. The van der Waals surface area contributed by atoms with Crippen LogP contribution >= 0.6 is 27.5 Å². The van der Waals surface area contributed by atoms with Crippen LogP contribution in [0.3, 0.4) is 0 Å². The Balaban J connectivity index is 2.30. The highest BCUT2D eigenvalue weighted by Gasteiger charge is 2.18. The van der Waals surface area contributed by atoms with Crippen LogP contribution in [0.4, 0.5) is 0 Å². The van der Waals surface area contributed by atoms with Gasteiger partial charge in [0.15, 0.2) is 5.78 Å². The van der Waals surface area contributed by atoms with Crippen molar-refractivity contribution in [1.82, 2.24) is 0 Å². The lowest BCUT2D eigenvalue weighted by molar-refractivity contribution is 0.0990. The molecule has 110 valence electrons. The first-order chi connectivity index (χ1) is 10.1. The number of Topliss-reactive ketones (excluding diaryl/α,β-unsaturated/α-hetero) is 1. The van der Waals surface area contributed by atoms with Crippen molar-refractivity contribution in [1.29, 1.82) is 0 Å². The molecular weight excluding hydrogens is 356 g/mol. The van der Waals surface area contributed by atoms with Crippen LogP contribution in [0, 0.1) is 0 Å². The van der Waals surface area contributed by atoms with E-state index in [1.807, 2.05) is 12.1 Å². The molecule has 0 amide bonds. The fraction of sp³-hybridized carbons (Fsp3) is 0.188. The second-order valence-electron chi connectivity index (χ2n) is 4.39. The highest BCUT2D eigenvalue weighted by Crippen LogP contribution is 2.37. The first-order valence-corrected chi connectivity index (χ1v) is 7.42. The van der Waals surface area contributed by atoms with Crippen LogP contribution in [-0.4, -0.2) is 20.0 Å². The maximum atomic E-state index is 12.5. The number of methoxy groups -OCH3 is 2. The summed E-state index contributed by atoms with van der Waals surface area (Å²) < 4.78 is 11.2. The van der Waals surface area contributed by atoms with E-state index in [1.54, 1.807) is 31.4 Å². The summed E-state index contributed by atoms with van der Waals surface area (Å²) >= 11 is 9.24. The number of rotatable bonds is 5. The molecule has 3 nitrogen and oxygen atoms in total. The fourth-order valence-electron chi connectivity index (χ4n) is 2.00. The number of carbonyl (C=O) groups excluding carboxylic acids is 1. The number of ether oxygens (including phenoxy) is 2. The van der Waals surface area contributed by atoms with Gasteiger partial charge in [-0.2, -0.15) is 0 Å². The first-order valence-electron chi connectivity index (χ1n) is 6.25. The molecule has 21 heavy (non-hydrogen) atoms. The van der Waals surface area contributed by atoms with E-state index in [0.29, 0.717) is 26.6 Å². The van der Waals surface area contributed by atoms with Crippen LogP contribution in [0.15, 0.2) is 40.9 Å². The van der Waals surface area contributed by atoms with E-state index < -0.39 is 0 Å². The minimum atomic E-state index is -0.0301. The average Bonchev–Trinajstić information content (AvgIpc) is 2.49. The Labute approximate surface area is 137 Å². The zero-order valence-corrected chi connectivity index (χ0v) is 14.0. The normalized spacial score (nSPS) is 10.3. The summed E-state index contributed by atoms with van der Waals surface area (Å²) in [5.41, 5.74) is 1.42. The number of ketones is 1. The highest BCUT2D eigenvalue weighted by molar-refractivity contribution is 9.10. The Hall–Kier alpha value is -1.52. The molecule has 2 rings (SSSR count). The predicted molar refractivity (Wildman–Crippen MR) is 86.7 cm³/mol. The van der Waals surface area contributed by atoms with Gasteiger partial charge in [0.1, 0.15) is 16.0 Å². The van der Waals surface area contributed by atoms with E-state index in [9.17, 15) is 4.79 Å². The van der Waals surface area contributed by atoms with Gasteiger partial charge in [-0.05, 0) is 45.8 Å². The maximum absolute atomic E-state index is 12.5. The fourth-order valence-corrected chi connectivity index (χ4v) is 2.79. The van der Waals surface area contributed by atoms with E-state index in [4.69, 9.17) is 21.1 Å². The number of hydrogen-bond donors (Lipinski definition) is 0. The van der Waals surface area contributed by atoms with Crippen molar-refractivity contribution in [3.8, 4) is 11.5 Å². The van der Waals surface area contributed by atoms with Crippen LogP contribution < -0.4 is 9.47 Å². The van der Waals surface area contributed by atoms with Gasteiger partial charge in [-0.3, -0.25) is 4.79 Å². The van der Waals surface area contributed by atoms with Crippen LogP contribution in [0.5, 0.6) is 11.5 Å². The Morgan fingerprint density at radius 2 is 1.76 bits per heavy atom. The summed E-state index contributed by atoms with van der Waals surface area (Å²) in [7, 11) is 3.09. The zero-order chi connectivity index (χ0) is 15.4. The predicted octanol–water partition coefficient (Wildman–Crippen LogP) is 4.55. The molecule has 0 aromatic heterocycles. The monoisotopic (exact) mass is 368 g/mol. The maximum Gasteiger partial charge on any atom is 0.171 e. The van der Waals surface area contributed by atoms with Crippen molar-refractivity contribution in [2.75, 3.05) is 14.2 Å². The molecule has 0 atom stereocenters. The number of halogens is 2. The van der Waals surface area contributed by atoms with Crippen molar-refractivity contribution in [2.24, 2.45) is 0 Å². The highest BCUT2D eigenvalue weighted by atomic mass is 79.9. The van der Waals surface area contributed by atoms with Crippen LogP contribution in [0.1, 0.15) is 15.9 Å². The van der Waals surface area contributed by atoms with Gasteiger partial charge < -0.3 is 9.47 Å². The van der Waals surface area contributed by atoms with E-state index in [0.717, 1.165) is 5.56 Å². The topological polar surface area (TPSA) is 35.5 Å². The molecule has 0 N–H and O–H groups in total. The Morgan fingerprint density at radius 1 is 1.10 bits per heavy atom. The van der Waals surface area contributed by atoms with E-state index >= 15 is 0 Å². The molecule has 5 heteroatoms. The quantitative estimate of drug-likeness (QED) is 0.726. The minimum Gasteiger partial charge on any atom is -0.495 e. The van der Waals surface area contributed by atoms with Crippen LogP contribution in [-0.2, 0) is 6.42 Å². The summed E-state index contributed by atoms with van der Waals surface area (Å²) in [6, 6.07) is 10.7. The second kappa shape index (κ2) is 6.96. The minimum absolute atomic E-state index is 0.0301. The molecule has 2 aromatic carbocycles. The van der Waals surface area contributed by atoms with E-state index in [1.165, 1.54) is 7.11 Å². The lowest BCUT2D eigenvalue weighted by Gasteiger charge is -2.12. The van der Waals surface area contributed by atoms with Crippen molar-refractivity contribution in [2.45, 2.75) is 6.42 Å². The molecule has 0 fully saturated rings. The molecule has 2 aromatic rings. The summed E-state index contributed by atoms with van der Waals surface area (Å²) in [5.74, 6) is 1.07. The van der Waals surface area contributed by atoms with Gasteiger partial charge in [0, 0.05) is 11.4 Å². The van der Waals surface area contributed by atoms with Crippen molar-refractivity contribution < 1.29 is 14.3 Å². The van der Waals surface area contributed by atoms with Crippen LogP contribution in [0.2, 0.25) is 5.02 Å². The lowest BCUT2D eigenvalue weighted by atomic mass is 10.0. The number of hydrogen-bond acceptors (Lipinski definition) is 3. The van der Waals surface area contributed by atoms with Gasteiger partial charge in [-0.1, -0.05) is 23.7 Å². The van der Waals surface area contributed by atoms with Gasteiger partial charge in [0.25, 0.3) is 0 Å². The van der Waals surface area contributed by atoms with Crippen molar-refractivity contribution >= 4 is 33.3 Å². The van der Waals surface area contributed by atoms with Gasteiger partial charge in [-0.15, -0.1) is 0 Å². The third-order valence-electron chi connectivity index (χ3n) is 3.06. The number of carbonyl (C=O) groups is 1. The second-order valence-corrected chi connectivity index (χ2v) is 5.62. The molecule has 0 aliphatic rings. The third-order valence-corrected chi connectivity index (χ3v) is 4.07. The van der Waals surface area contributed by atoms with Crippen LogP contribution in [0.25, 0.3) is 0 Å². The molecule has 0 saturated heterocycles. The standard InChI is InChI=1S/C16H14BrClO3/c1-20-14-8-7-12(16(21-2)15(14)17)13(19)9-10-3-5-11(18)6-4-10/h3-8H,9H2,1-2H3. The Kier molecular flexibility index (Phi) is 5.26. The van der Waals surface area contributed by atoms with E-state index in [2.05, 4.69) is 15.9 Å². The molecule has 0 heterocycles. The summed E-state index contributed by atoms with van der Waals surface area (Å²) in [6.07, 6.45) is 0.284. The molecule has 0 aliphatic carbocycles. The molecule has 0 saturated carbocycles. The first kappa shape index (κ1) is 15.9. The molecule has 0 spiro atoms. The Bertz CT molecular complexity index is 653. The molecular formula is C16H14BrClO3. The summed E-state index contributed by atoms with van der Waals surface area (Å²) in [6.45, 7) is 0. The molecule has 0 aliphatic heterocycles. The zero-order valence-electron chi connectivity index (χ0n) is 11.7. The average molecular weight is 370 g/mol. The van der Waals surface area contributed by atoms with Gasteiger partial charge in [0.2, 0.25) is 0 Å². The molecule has 0 radical (unpaired) electrons. The third kappa shape index (κ3) is 3.57. The van der Waals surface area contributed by atoms with Gasteiger partial charge in [-0.25, -0.2) is 0 Å². The van der Waals surface area contributed by atoms with Gasteiger partial charge >= 0.3 is 0 Å². The smallest absolute Gasteiger partial charge is 0.171 e. The summed E-state index contributed by atoms with van der Waals surface area (Å²) in [5, 5.41) is 0.649. The summed E-state index contributed by atoms with van der Waals surface area (Å²) in [4.78, 5) is 12.5. The molecule has 0 unspecified atom stereocenters. The SMILES string of the molecule is COc1ccc(C(=O)Cc2ccc(Cl)cc2)c(OC)c1Br. The van der Waals surface area contributed by atoms with Crippen molar-refractivity contribution in [3.63, 3.8) is 0 Å². The molecule has 0 bridgehead atoms. The van der Waals surface area contributed by atoms with Gasteiger partial charge in [0.05, 0.1) is 19.8 Å².